The van der Waals surface area contributed by atoms with Crippen LogP contribution in [-0.4, -0.2) is 21.3 Å². The molecule has 0 aliphatic rings. The molecule has 3 nitrogen and oxygen atoms in total. The maximum atomic E-state index is 5.81. The van der Waals surface area contributed by atoms with Crippen molar-refractivity contribution in [3.8, 4) is 17.2 Å². The van der Waals surface area contributed by atoms with E-state index in [0.29, 0.717) is 23.1 Å². The van der Waals surface area contributed by atoms with Gasteiger partial charge in [-0.3, -0.25) is 0 Å². The summed E-state index contributed by atoms with van der Waals surface area (Å²) in [5, 5.41) is 0. The molecule has 0 bridgehead atoms. The molecule has 0 N–H and O–H groups in total. The van der Waals surface area contributed by atoms with E-state index in [2.05, 4.69) is 12.1 Å². The third kappa shape index (κ3) is 3.61. The van der Waals surface area contributed by atoms with E-state index in [0.717, 1.165) is 17.5 Å². The molecule has 0 unspecified atom stereocenters. The van der Waals surface area contributed by atoms with Gasteiger partial charge < -0.3 is 14.2 Å². The Hall–Kier alpha value is -1.87. The predicted molar refractivity (Wildman–Crippen MR) is 84.9 cm³/mol. The number of ether oxygens (including phenoxy) is 3. The first-order valence-electron chi connectivity index (χ1n) is 6.64. The van der Waals surface area contributed by atoms with Crippen LogP contribution >= 0.6 is 11.6 Å². The van der Waals surface area contributed by atoms with Crippen molar-refractivity contribution in [3.05, 3.63) is 53.1 Å². The van der Waals surface area contributed by atoms with Gasteiger partial charge in [-0.1, -0.05) is 24.3 Å². The average Bonchev–Trinajstić information content (AvgIpc) is 2.54. The Morgan fingerprint density at radius 1 is 0.762 bits per heavy atom. The van der Waals surface area contributed by atoms with Gasteiger partial charge in [0.15, 0.2) is 11.5 Å². The number of rotatable bonds is 6. The smallest absolute Gasteiger partial charge is 0.203 e. The van der Waals surface area contributed by atoms with Gasteiger partial charge in [-0.15, -0.1) is 11.6 Å². The molecule has 0 amide bonds. The van der Waals surface area contributed by atoms with Crippen LogP contribution in [0.3, 0.4) is 0 Å². The molecule has 2 aromatic carbocycles. The highest BCUT2D eigenvalue weighted by molar-refractivity contribution is 6.17. The van der Waals surface area contributed by atoms with Crippen molar-refractivity contribution in [1.82, 2.24) is 0 Å². The van der Waals surface area contributed by atoms with Crippen LogP contribution in [0, 0.1) is 0 Å². The average molecular weight is 307 g/mol. The lowest BCUT2D eigenvalue weighted by molar-refractivity contribution is 0.324. The maximum Gasteiger partial charge on any atom is 0.203 e. The van der Waals surface area contributed by atoms with Gasteiger partial charge in [0.2, 0.25) is 5.75 Å². The molecule has 0 radical (unpaired) electrons. The van der Waals surface area contributed by atoms with Crippen molar-refractivity contribution < 1.29 is 14.2 Å². The Labute approximate surface area is 130 Å². The fourth-order valence-corrected chi connectivity index (χ4v) is 2.40. The van der Waals surface area contributed by atoms with Crippen molar-refractivity contribution in [2.24, 2.45) is 0 Å². The Morgan fingerprint density at radius 2 is 1.29 bits per heavy atom. The molecule has 4 heteroatoms. The predicted octanol–water partition coefficient (Wildman–Crippen LogP) is 4.04. The minimum atomic E-state index is 0.532. The summed E-state index contributed by atoms with van der Waals surface area (Å²) in [6.45, 7) is 0. The summed E-state index contributed by atoms with van der Waals surface area (Å²) >= 11 is 5.81. The molecule has 0 aromatic heterocycles. The molecule has 0 saturated carbocycles. The minimum Gasteiger partial charge on any atom is -0.493 e. The maximum absolute atomic E-state index is 5.81. The lowest BCUT2D eigenvalue weighted by Gasteiger charge is -2.14. The normalized spacial score (nSPS) is 10.3. The van der Waals surface area contributed by atoms with Gasteiger partial charge in [-0.05, 0) is 35.2 Å². The zero-order chi connectivity index (χ0) is 15.2. The molecule has 0 aliphatic heterocycles. The van der Waals surface area contributed by atoms with Crippen LogP contribution in [0.1, 0.15) is 16.7 Å². The molecule has 0 heterocycles. The number of alkyl halides is 1. The zero-order valence-corrected chi connectivity index (χ0v) is 13.2. The lowest BCUT2D eigenvalue weighted by atomic mass is 10.0. The highest BCUT2D eigenvalue weighted by Crippen LogP contribution is 2.38. The number of hydrogen-bond acceptors (Lipinski definition) is 3. The van der Waals surface area contributed by atoms with Crippen LogP contribution in [0.15, 0.2) is 36.4 Å². The lowest BCUT2D eigenvalue weighted by Crippen LogP contribution is -1.98. The molecule has 2 aromatic rings. The minimum absolute atomic E-state index is 0.532. The van der Waals surface area contributed by atoms with Gasteiger partial charge >= 0.3 is 0 Å². The van der Waals surface area contributed by atoms with E-state index in [1.54, 1.807) is 21.3 Å². The van der Waals surface area contributed by atoms with Crippen molar-refractivity contribution in [1.29, 1.82) is 0 Å². The summed E-state index contributed by atoms with van der Waals surface area (Å²) in [5.41, 5.74) is 3.42. The Morgan fingerprint density at radius 3 is 1.71 bits per heavy atom. The first kappa shape index (κ1) is 15.5. The zero-order valence-electron chi connectivity index (χ0n) is 12.5. The van der Waals surface area contributed by atoms with Gasteiger partial charge in [0.05, 0.1) is 21.3 Å². The summed E-state index contributed by atoms with van der Waals surface area (Å²) in [6, 6.07) is 12.2. The van der Waals surface area contributed by atoms with Crippen molar-refractivity contribution >= 4 is 11.6 Å². The van der Waals surface area contributed by atoms with E-state index in [4.69, 9.17) is 25.8 Å². The number of methoxy groups -OCH3 is 3. The molecule has 0 spiro atoms. The third-order valence-corrected chi connectivity index (χ3v) is 3.62. The van der Waals surface area contributed by atoms with E-state index < -0.39 is 0 Å². The second-order valence-electron chi connectivity index (χ2n) is 4.66. The summed E-state index contributed by atoms with van der Waals surface area (Å²) in [7, 11) is 4.84. The molecular formula is C17H19ClO3. The van der Waals surface area contributed by atoms with Gasteiger partial charge in [0, 0.05) is 5.88 Å². The summed E-state index contributed by atoms with van der Waals surface area (Å²) in [4.78, 5) is 0. The van der Waals surface area contributed by atoms with Gasteiger partial charge in [0.25, 0.3) is 0 Å². The van der Waals surface area contributed by atoms with E-state index >= 15 is 0 Å². The number of halogens is 1. The van der Waals surface area contributed by atoms with Crippen LogP contribution in [0.5, 0.6) is 17.2 Å². The van der Waals surface area contributed by atoms with Gasteiger partial charge in [-0.25, -0.2) is 0 Å². The molecule has 0 saturated heterocycles. The van der Waals surface area contributed by atoms with E-state index in [9.17, 15) is 0 Å². The first-order valence-corrected chi connectivity index (χ1v) is 7.18. The SMILES string of the molecule is COc1cc(Cc2ccc(CCl)cc2)cc(OC)c1OC. The van der Waals surface area contributed by atoms with E-state index in [1.165, 1.54) is 5.56 Å². The molecule has 0 atom stereocenters. The number of benzene rings is 2. The van der Waals surface area contributed by atoms with Crippen LogP contribution in [0.4, 0.5) is 0 Å². The van der Waals surface area contributed by atoms with E-state index in [1.807, 2.05) is 24.3 Å². The highest BCUT2D eigenvalue weighted by atomic mass is 35.5. The van der Waals surface area contributed by atoms with Crippen LogP contribution < -0.4 is 14.2 Å². The summed E-state index contributed by atoms with van der Waals surface area (Å²) < 4.78 is 16.1. The Balaban J connectivity index is 2.30. The molecular weight excluding hydrogens is 288 g/mol. The van der Waals surface area contributed by atoms with E-state index in [-0.39, 0.29) is 0 Å². The van der Waals surface area contributed by atoms with Gasteiger partial charge in [0.1, 0.15) is 0 Å². The van der Waals surface area contributed by atoms with Crippen molar-refractivity contribution in [3.63, 3.8) is 0 Å². The summed E-state index contributed by atoms with van der Waals surface area (Å²) in [6.07, 6.45) is 0.791. The van der Waals surface area contributed by atoms with Gasteiger partial charge in [-0.2, -0.15) is 0 Å². The topological polar surface area (TPSA) is 27.7 Å². The fraction of sp³-hybridized carbons (Fsp3) is 0.294. The second kappa shape index (κ2) is 7.23. The molecule has 0 fully saturated rings. The second-order valence-corrected chi connectivity index (χ2v) is 4.93. The highest BCUT2D eigenvalue weighted by Gasteiger charge is 2.13. The quantitative estimate of drug-likeness (QED) is 0.754. The standard InChI is InChI=1S/C17H19ClO3/c1-19-15-9-14(10-16(20-2)17(15)21-3)8-12-4-6-13(11-18)7-5-12/h4-7,9-10H,8,11H2,1-3H3. The Kier molecular flexibility index (Phi) is 5.34. The third-order valence-electron chi connectivity index (χ3n) is 3.31. The molecule has 112 valence electrons. The van der Waals surface area contributed by atoms with Crippen LogP contribution in [0.2, 0.25) is 0 Å². The largest absolute Gasteiger partial charge is 0.493 e. The van der Waals surface area contributed by atoms with Crippen LogP contribution in [-0.2, 0) is 12.3 Å². The monoisotopic (exact) mass is 306 g/mol. The molecule has 21 heavy (non-hydrogen) atoms. The van der Waals surface area contributed by atoms with Crippen molar-refractivity contribution in [2.45, 2.75) is 12.3 Å². The molecule has 2 rings (SSSR count). The molecule has 0 aliphatic carbocycles. The first-order chi connectivity index (χ1) is 10.2. The fourth-order valence-electron chi connectivity index (χ4n) is 2.22. The Bertz CT molecular complexity index is 568. The summed E-state index contributed by atoms with van der Waals surface area (Å²) in [5.74, 6) is 2.49. The number of hydrogen-bond donors (Lipinski definition) is 0. The van der Waals surface area contributed by atoms with Crippen molar-refractivity contribution in [2.75, 3.05) is 21.3 Å². The van der Waals surface area contributed by atoms with Crippen LogP contribution in [0.25, 0.3) is 0 Å².